The van der Waals surface area contributed by atoms with Gasteiger partial charge in [-0.25, -0.2) is 9.97 Å². The molecule has 0 unspecified atom stereocenters. The number of carbonyl (C=O) groups excluding carboxylic acids is 2. The Bertz CT molecular complexity index is 1140. The lowest BCUT2D eigenvalue weighted by Crippen LogP contribution is -2.55. The summed E-state index contributed by atoms with van der Waals surface area (Å²) in [7, 11) is 1.79. The maximum atomic E-state index is 13.4. The fraction of sp³-hybridized carbons (Fsp3) is 0.654. The second-order valence-electron chi connectivity index (χ2n) is 10.7. The molecule has 0 aromatic carbocycles. The maximum absolute atomic E-state index is 13.4. The number of hydrogen-bond donors (Lipinski definition) is 2. The number of imidazole rings is 1. The Morgan fingerprint density at radius 2 is 1.89 bits per heavy atom. The van der Waals surface area contributed by atoms with Gasteiger partial charge in [-0.1, -0.05) is 19.3 Å². The van der Waals surface area contributed by atoms with Crippen molar-refractivity contribution < 1.29 is 9.59 Å². The molecule has 36 heavy (non-hydrogen) atoms. The lowest BCUT2D eigenvalue weighted by atomic mass is 9.87. The van der Waals surface area contributed by atoms with Crippen LogP contribution in [-0.2, 0) is 22.4 Å². The minimum Gasteiger partial charge on any atom is -0.342 e. The molecule has 3 fully saturated rings. The number of carbonyl (C=O) groups is 2. The zero-order chi connectivity index (χ0) is 24.6. The summed E-state index contributed by atoms with van der Waals surface area (Å²) in [6, 6.07) is -0.324. The van der Waals surface area contributed by atoms with Crippen LogP contribution in [0.25, 0.3) is 0 Å². The predicted octanol–water partition coefficient (Wildman–Crippen LogP) is 2.75. The molecule has 4 aliphatic rings. The predicted molar refractivity (Wildman–Crippen MR) is 136 cm³/mol. The highest BCUT2D eigenvalue weighted by Gasteiger charge is 2.38. The summed E-state index contributed by atoms with van der Waals surface area (Å²) < 4.78 is 0. The molecule has 0 radical (unpaired) electrons. The third kappa shape index (κ3) is 4.41. The summed E-state index contributed by atoms with van der Waals surface area (Å²) in [5.41, 5.74) is 3.42. The summed E-state index contributed by atoms with van der Waals surface area (Å²) in [4.78, 5) is 49.0. The SMILES string of the molecule is CN1CCN(C(=O)[C@H]2CCCN2c2nc3c(c(Nc4ncc(C5CCCCC5)[nH]4)n2)CCC3)CC1=O. The van der Waals surface area contributed by atoms with Crippen LogP contribution in [0.3, 0.4) is 0 Å². The molecule has 10 heteroatoms. The Balaban J connectivity index is 1.23. The normalized spacial score (nSPS) is 22.9. The number of fused-ring (bicyclic) bond motifs is 1. The van der Waals surface area contributed by atoms with Crippen LogP contribution in [0.4, 0.5) is 17.7 Å². The fourth-order valence-corrected chi connectivity index (χ4v) is 6.20. The number of rotatable bonds is 5. The van der Waals surface area contributed by atoms with Gasteiger partial charge in [0.2, 0.25) is 23.7 Å². The van der Waals surface area contributed by atoms with Crippen molar-refractivity contribution >= 4 is 29.5 Å². The Morgan fingerprint density at radius 3 is 2.72 bits per heavy atom. The van der Waals surface area contributed by atoms with Crippen LogP contribution in [-0.4, -0.2) is 80.8 Å². The van der Waals surface area contributed by atoms with Gasteiger partial charge in [-0.05, 0) is 44.9 Å². The minimum absolute atomic E-state index is 0.00884. The van der Waals surface area contributed by atoms with E-state index in [0.717, 1.165) is 61.7 Å². The van der Waals surface area contributed by atoms with Crippen LogP contribution in [0.1, 0.15) is 74.2 Å². The van der Waals surface area contributed by atoms with Gasteiger partial charge in [-0.2, -0.15) is 4.98 Å². The molecule has 2 aromatic rings. The third-order valence-corrected chi connectivity index (χ3v) is 8.36. The second kappa shape index (κ2) is 9.71. The summed E-state index contributed by atoms with van der Waals surface area (Å²) in [6.45, 7) is 2.04. The van der Waals surface area contributed by atoms with E-state index in [1.54, 1.807) is 16.8 Å². The highest BCUT2D eigenvalue weighted by Crippen LogP contribution is 2.34. The van der Waals surface area contributed by atoms with Gasteiger partial charge < -0.3 is 25.0 Å². The van der Waals surface area contributed by atoms with Gasteiger partial charge in [0.25, 0.3) is 0 Å². The summed E-state index contributed by atoms with van der Waals surface area (Å²) in [5.74, 6) is 2.69. The van der Waals surface area contributed by atoms with E-state index in [4.69, 9.17) is 9.97 Å². The monoisotopic (exact) mass is 492 g/mol. The number of nitrogens with zero attached hydrogens (tertiary/aromatic N) is 6. The van der Waals surface area contributed by atoms with Gasteiger partial charge in [0.05, 0.1) is 18.4 Å². The molecule has 1 saturated carbocycles. The Hall–Kier alpha value is -3.17. The van der Waals surface area contributed by atoms with Crippen molar-refractivity contribution in [1.82, 2.24) is 29.7 Å². The van der Waals surface area contributed by atoms with Gasteiger partial charge in [0.15, 0.2) is 0 Å². The van der Waals surface area contributed by atoms with Gasteiger partial charge >= 0.3 is 0 Å². The average molecular weight is 493 g/mol. The number of aromatic amines is 1. The van der Waals surface area contributed by atoms with Gasteiger partial charge in [-0.15, -0.1) is 0 Å². The number of aryl methyl sites for hydroxylation is 1. The second-order valence-corrected chi connectivity index (χ2v) is 10.7. The zero-order valence-electron chi connectivity index (χ0n) is 21.1. The number of nitrogens with one attached hydrogen (secondary N) is 2. The van der Waals surface area contributed by atoms with Crippen molar-refractivity contribution in [3.8, 4) is 0 Å². The van der Waals surface area contributed by atoms with Crippen molar-refractivity contribution in [1.29, 1.82) is 0 Å². The molecule has 0 bridgehead atoms. The molecular formula is C26H36N8O2. The lowest BCUT2D eigenvalue weighted by Gasteiger charge is -2.35. The van der Waals surface area contributed by atoms with Crippen molar-refractivity contribution in [2.24, 2.45) is 0 Å². The third-order valence-electron chi connectivity index (χ3n) is 8.36. The highest BCUT2D eigenvalue weighted by atomic mass is 16.2. The summed E-state index contributed by atoms with van der Waals surface area (Å²) in [5, 5.41) is 3.46. The van der Waals surface area contributed by atoms with Gasteiger partial charge in [-0.3, -0.25) is 9.59 Å². The van der Waals surface area contributed by atoms with Crippen LogP contribution in [0, 0.1) is 0 Å². The molecule has 10 nitrogen and oxygen atoms in total. The molecule has 4 heterocycles. The Kier molecular flexibility index (Phi) is 6.27. The van der Waals surface area contributed by atoms with E-state index in [9.17, 15) is 9.59 Å². The average Bonchev–Trinajstić information content (AvgIpc) is 3.66. The van der Waals surface area contributed by atoms with E-state index < -0.39 is 0 Å². The number of piperazine rings is 1. The molecule has 1 atom stereocenters. The molecule has 2 saturated heterocycles. The smallest absolute Gasteiger partial charge is 0.245 e. The van der Waals surface area contributed by atoms with Gasteiger partial charge in [0.1, 0.15) is 11.9 Å². The minimum atomic E-state index is -0.324. The number of aromatic nitrogens is 4. The van der Waals surface area contributed by atoms with Gasteiger partial charge in [0, 0.05) is 43.9 Å². The zero-order valence-corrected chi connectivity index (χ0v) is 21.1. The van der Waals surface area contributed by atoms with E-state index >= 15 is 0 Å². The first-order valence-electron chi connectivity index (χ1n) is 13.6. The first-order chi connectivity index (χ1) is 17.6. The van der Waals surface area contributed by atoms with Crippen LogP contribution in [0.15, 0.2) is 6.20 Å². The van der Waals surface area contributed by atoms with Crippen molar-refractivity contribution in [2.75, 3.05) is 43.4 Å². The Morgan fingerprint density at radius 1 is 1.03 bits per heavy atom. The van der Waals surface area contributed by atoms with E-state index in [2.05, 4.69) is 15.3 Å². The fourth-order valence-electron chi connectivity index (χ4n) is 6.20. The molecule has 6 rings (SSSR count). The van der Waals surface area contributed by atoms with Crippen molar-refractivity contribution in [2.45, 2.75) is 76.2 Å². The lowest BCUT2D eigenvalue weighted by molar-refractivity contribution is -0.144. The van der Waals surface area contributed by atoms with Crippen LogP contribution < -0.4 is 10.2 Å². The molecule has 192 valence electrons. The first kappa shape index (κ1) is 23.2. The standard InChI is InChI=1S/C26H36N8O2/c1-32-13-14-33(16-22(32)35)24(36)21-11-6-12-34(21)26-29-19-10-5-9-18(19)23(31-26)30-25-27-15-20(28-25)17-7-3-2-4-8-17/h15,17,21H,2-14,16H2,1H3,(H2,27,28,29,30,31)/t21-/m1/s1. The van der Waals surface area contributed by atoms with Crippen LogP contribution in [0.5, 0.6) is 0 Å². The molecule has 2 aliphatic heterocycles. The molecule has 2 N–H and O–H groups in total. The maximum Gasteiger partial charge on any atom is 0.245 e. The molecule has 2 aliphatic carbocycles. The van der Waals surface area contributed by atoms with Crippen LogP contribution in [0.2, 0.25) is 0 Å². The first-order valence-corrected chi connectivity index (χ1v) is 13.6. The number of hydrogen-bond acceptors (Lipinski definition) is 7. The number of anilines is 3. The van der Waals surface area contributed by atoms with E-state index in [1.165, 1.54) is 37.8 Å². The van der Waals surface area contributed by atoms with Crippen molar-refractivity contribution in [3.05, 3.63) is 23.1 Å². The highest BCUT2D eigenvalue weighted by molar-refractivity contribution is 5.90. The largest absolute Gasteiger partial charge is 0.342 e. The van der Waals surface area contributed by atoms with Crippen molar-refractivity contribution in [3.63, 3.8) is 0 Å². The Labute approximate surface area is 211 Å². The molecular weight excluding hydrogens is 456 g/mol. The topological polar surface area (TPSA) is 110 Å². The molecule has 2 aromatic heterocycles. The number of amides is 2. The molecule has 2 amide bonds. The summed E-state index contributed by atoms with van der Waals surface area (Å²) in [6.07, 6.45) is 12.9. The molecule has 0 spiro atoms. The number of likely N-dealkylation sites (N-methyl/N-ethyl adjacent to an activating group) is 1. The number of H-pyrrole nitrogens is 1. The van der Waals surface area contributed by atoms with E-state index in [0.29, 0.717) is 25.0 Å². The summed E-state index contributed by atoms with van der Waals surface area (Å²) >= 11 is 0. The van der Waals surface area contributed by atoms with E-state index in [1.807, 2.05) is 11.1 Å². The van der Waals surface area contributed by atoms with E-state index in [-0.39, 0.29) is 24.4 Å². The quantitative estimate of drug-likeness (QED) is 0.660. The van der Waals surface area contributed by atoms with Crippen LogP contribution >= 0.6 is 0 Å².